The molecule has 42 heavy (non-hydrogen) atoms. The van der Waals surface area contributed by atoms with Gasteiger partial charge >= 0.3 is 0 Å². The third-order valence-electron chi connectivity index (χ3n) is 6.46. The fourth-order valence-electron chi connectivity index (χ4n) is 4.40. The van der Waals surface area contributed by atoms with Crippen molar-refractivity contribution < 1.29 is 33.1 Å². The van der Waals surface area contributed by atoms with Gasteiger partial charge in [0.15, 0.2) is 22.9 Å². The quantitative estimate of drug-likeness (QED) is 0.227. The lowest BCUT2D eigenvalue weighted by Gasteiger charge is -2.31. The van der Waals surface area contributed by atoms with E-state index in [9.17, 15) is 14.4 Å². The second kappa shape index (κ2) is 15.1. The van der Waals surface area contributed by atoms with E-state index in [1.165, 1.54) is 0 Å². The number of ether oxygens (including phenoxy) is 3. The monoisotopic (exact) mass is 583 g/mol. The van der Waals surface area contributed by atoms with Crippen LogP contribution in [0.1, 0.15) is 57.8 Å². The average molecular weight is 584 g/mol. The Morgan fingerprint density at radius 3 is 2.29 bits per heavy atom. The zero-order chi connectivity index (χ0) is 30.8. The molecule has 0 saturated carbocycles. The summed E-state index contributed by atoms with van der Waals surface area (Å²) >= 11 is 0. The van der Waals surface area contributed by atoms with Gasteiger partial charge in [0.05, 0.1) is 32.3 Å². The number of benzene rings is 2. The number of hydrogen-bond acceptors (Lipinski definition) is 9. The Labute approximate surface area is 245 Å². The van der Waals surface area contributed by atoms with Crippen LogP contribution in [0, 0.1) is 0 Å². The molecule has 3 rings (SSSR count). The summed E-state index contributed by atoms with van der Waals surface area (Å²) in [4.78, 5) is 38.6. The van der Waals surface area contributed by atoms with Gasteiger partial charge in [-0.1, -0.05) is 5.16 Å². The summed E-state index contributed by atoms with van der Waals surface area (Å²) < 4.78 is 22.6. The first-order valence-electron chi connectivity index (χ1n) is 14.0. The van der Waals surface area contributed by atoms with Crippen LogP contribution in [0.4, 0.5) is 5.82 Å². The largest absolute Gasteiger partial charge is 0.493 e. The van der Waals surface area contributed by atoms with E-state index in [1.807, 2.05) is 32.6 Å². The van der Waals surface area contributed by atoms with Crippen LogP contribution in [-0.2, 0) is 9.59 Å². The zero-order valence-corrected chi connectivity index (χ0v) is 25.1. The summed E-state index contributed by atoms with van der Waals surface area (Å²) in [6, 6.07) is 9.82. The smallest absolute Gasteiger partial charge is 0.254 e. The summed E-state index contributed by atoms with van der Waals surface area (Å²) in [7, 11) is 1.55. The van der Waals surface area contributed by atoms with Crippen molar-refractivity contribution in [2.45, 2.75) is 65.6 Å². The SMILES string of the molecule is COc1cc(C(=O)N(C(C)C)C(C)C)ccc1OCCCCOc1ccc2c(NC(=O)C(C)NC(=O)CN)noc2c1. The van der Waals surface area contributed by atoms with Crippen molar-refractivity contribution >= 4 is 34.5 Å². The number of methoxy groups -OCH3 is 1. The number of nitrogens with one attached hydrogen (secondary N) is 2. The van der Waals surface area contributed by atoms with E-state index in [-0.39, 0.29) is 30.4 Å². The van der Waals surface area contributed by atoms with E-state index in [1.54, 1.807) is 50.4 Å². The van der Waals surface area contributed by atoms with Crippen LogP contribution in [0.5, 0.6) is 17.2 Å². The molecule has 0 radical (unpaired) electrons. The van der Waals surface area contributed by atoms with Gasteiger partial charge in [-0.2, -0.15) is 0 Å². The minimum Gasteiger partial charge on any atom is -0.493 e. The van der Waals surface area contributed by atoms with Crippen molar-refractivity contribution in [3.63, 3.8) is 0 Å². The highest BCUT2D eigenvalue weighted by atomic mass is 16.5. The first-order valence-corrected chi connectivity index (χ1v) is 14.0. The Hall–Kier alpha value is -4.32. The van der Waals surface area contributed by atoms with Gasteiger partial charge in [0.1, 0.15) is 11.8 Å². The van der Waals surface area contributed by atoms with Crippen molar-refractivity contribution in [1.29, 1.82) is 0 Å². The molecule has 1 heterocycles. The normalized spacial score (nSPS) is 11.8. The number of fused-ring (bicyclic) bond motifs is 1. The standard InChI is InChI=1S/C30H41N5O7/c1-18(2)35(19(3)4)30(38)21-9-12-24(26(15-21)39-6)41-14-8-7-13-40-22-10-11-23-25(16-22)42-34-28(23)33-29(37)20(5)32-27(36)17-31/h9-12,15-16,18-20H,7-8,13-14,17,31H2,1-6H3,(H,32,36)(H,33,34,37). The second-order valence-electron chi connectivity index (χ2n) is 10.3. The molecule has 0 aliphatic rings. The van der Waals surface area contributed by atoms with Gasteiger partial charge in [0.25, 0.3) is 5.91 Å². The maximum absolute atomic E-state index is 13.0. The molecule has 0 fully saturated rings. The first kappa shape index (κ1) is 32.2. The summed E-state index contributed by atoms with van der Waals surface area (Å²) in [5.41, 5.74) is 6.27. The number of hydrogen-bond donors (Lipinski definition) is 3. The van der Waals surface area contributed by atoms with E-state index in [0.29, 0.717) is 47.0 Å². The summed E-state index contributed by atoms with van der Waals surface area (Å²) in [6.45, 7) is 10.2. The van der Waals surface area contributed by atoms with E-state index >= 15 is 0 Å². The number of rotatable bonds is 15. The molecular weight excluding hydrogens is 542 g/mol. The number of unbranched alkanes of at least 4 members (excludes halogenated alkanes) is 1. The van der Waals surface area contributed by atoms with Gasteiger partial charge in [-0.15, -0.1) is 0 Å². The number of carbonyl (C=O) groups excluding carboxylic acids is 3. The fourth-order valence-corrected chi connectivity index (χ4v) is 4.40. The molecule has 0 saturated heterocycles. The molecule has 2 aromatic carbocycles. The second-order valence-corrected chi connectivity index (χ2v) is 10.3. The first-order chi connectivity index (χ1) is 20.0. The Bertz CT molecular complexity index is 1360. The Morgan fingerprint density at radius 2 is 1.64 bits per heavy atom. The molecule has 1 aromatic heterocycles. The van der Waals surface area contributed by atoms with Crippen LogP contribution >= 0.6 is 0 Å². The predicted molar refractivity (Wildman–Crippen MR) is 159 cm³/mol. The van der Waals surface area contributed by atoms with Gasteiger partial charge in [0.2, 0.25) is 11.8 Å². The molecule has 12 heteroatoms. The molecular formula is C30H41N5O7. The number of nitrogens with zero attached hydrogens (tertiary/aromatic N) is 2. The topological polar surface area (TPSA) is 158 Å². The highest BCUT2D eigenvalue weighted by Crippen LogP contribution is 2.30. The summed E-state index contributed by atoms with van der Waals surface area (Å²) in [5, 5.41) is 9.64. The summed E-state index contributed by atoms with van der Waals surface area (Å²) in [6.07, 6.45) is 1.47. The molecule has 0 spiro atoms. The molecule has 1 unspecified atom stereocenters. The highest BCUT2D eigenvalue weighted by Gasteiger charge is 2.23. The maximum Gasteiger partial charge on any atom is 0.254 e. The zero-order valence-electron chi connectivity index (χ0n) is 25.1. The van der Waals surface area contributed by atoms with Gasteiger partial charge in [0, 0.05) is 23.7 Å². The Kier molecular flexibility index (Phi) is 11.5. The molecule has 0 aliphatic carbocycles. The predicted octanol–water partition coefficient (Wildman–Crippen LogP) is 3.74. The van der Waals surface area contributed by atoms with Crippen LogP contribution < -0.4 is 30.6 Å². The van der Waals surface area contributed by atoms with Gasteiger partial charge in [-0.3, -0.25) is 14.4 Å². The molecule has 228 valence electrons. The average Bonchev–Trinajstić information content (AvgIpc) is 3.35. The minimum absolute atomic E-state index is 0.0468. The summed E-state index contributed by atoms with van der Waals surface area (Å²) in [5.74, 6) is 1.01. The van der Waals surface area contributed by atoms with Gasteiger partial charge in [-0.05, 0) is 77.8 Å². The molecule has 1 atom stereocenters. The van der Waals surface area contributed by atoms with Crippen LogP contribution in [-0.4, -0.2) is 72.8 Å². The van der Waals surface area contributed by atoms with Crippen LogP contribution in [0.15, 0.2) is 40.9 Å². The van der Waals surface area contributed by atoms with E-state index in [4.69, 9.17) is 24.5 Å². The number of anilines is 1. The molecule has 12 nitrogen and oxygen atoms in total. The van der Waals surface area contributed by atoms with Crippen LogP contribution in [0.3, 0.4) is 0 Å². The Balaban J connectivity index is 1.47. The molecule has 3 amide bonds. The van der Waals surface area contributed by atoms with E-state index in [2.05, 4.69) is 15.8 Å². The van der Waals surface area contributed by atoms with Crippen molar-refractivity contribution in [1.82, 2.24) is 15.4 Å². The number of carbonyl (C=O) groups is 3. The highest BCUT2D eigenvalue weighted by molar-refractivity contribution is 6.02. The van der Waals surface area contributed by atoms with Gasteiger partial charge in [-0.25, -0.2) is 0 Å². The van der Waals surface area contributed by atoms with Crippen molar-refractivity contribution in [3.05, 3.63) is 42.0 Å². The van der Waals surface area contributed by atoms with Crippen molar-refractivity contribution in [2.24, 2.45) is 5.73 Å². The number of amides is 3. The van der Waals surface area contributed by atoms with Gasteiger partial charge < -0.3 is 40.0 Å². The third kappa shape index (κ3) is 8.35. The molecule has 0 aliphatic heterocycles. The van der Waals surface area contributed by atoms with Crippen molar-refractivity contribution in [3.8, 4) is 17.2 Å². The lowest BCUT2D eigenvalue weighted by atomic mass is 10.1. The van der Waals surface area contributed by atoms with Crippen LogP contribution in [0.25, 0.3) is 11.0 Å². The lowest BCUT2D eigenvalue weighted by Crippen LogP contribution is -2.44. The molecule has 3 aromatic rings. The third-order valence-corrected chi connectivity index (χ3v) is 6.46. The minimum atomic E-state index is -0.783. The lowest BCUT2D eigenvalue weighted by molar-refractivity contribution is -0.125. The van der Waals surface area contributed by atoms with Crippen molar-refractivity contribution in [2.75, 3.05) is 32.2 Å². The maximum atomic E-state index is 13.0. The fraction of sp³-hybridized carbons (Fsp3) is 0.467. The Morgan fingerprint density at radius 1 is 0.952 bits per heavy atom. The number of aromatic nitrogens is 1. The molecule has 4 N–H and O–H groups in total. The molecule has 0 bridgehead atoms. The van der Waals surface area contributed by atoms with Crippen LogP contribution in [0.2, 0.25) is 0 Å². The van der Waals surface area contributed by atoms with E-state index < -0.39 is 17.9 Å². The van der Waals surface area contributed by atoms with E-state index in [0.717, 1.165) is 12.8 Å². The number of nitrogens with two attached hydrogens (primary N) is 1.